The quantitative estimate of drug-likeness (QED) is 0.888. The standard InChI is InChI=1S/C16H23NO2/c1-16(2,3)14(15(18)19)12-8-6-10-17-13-9-5-4-7-11(12)13/h4-5,7,9,12,14,17H,6,8,10H2,1-3H3,(H,18,19)/p-1. The van der Waals surface area contributed by atoms with E-state index in [2.05, 4.69) is 5.32 Å². The number of anilines is 1. The van der Waals surface area contributed by atoms with Crippen LogP contribution in [-0.2, 0) is 4.79 Å². The molecule has 0 aliphatic carbocycles. The second-order valence-corrected chi connectivity index (χ2v) is 6.43. The van der Waals surface area contributed by atoms with E-state index in [0.717, 1.165) is 30.6 Å². The Bertz CT molecular complexity index is 462. The number of nitrogens with one attached hydrogen (secondary N) is 1. The van der Waals surface area contributed by atoms with E-state index in [1.54, 1.807) is 0 Å². The van der Waals surface area contributed by atoms with E-state index in [0.29, 0.717) is 0 Å². The highest BCUT2D eigenvalue weighted by molar-refractivity contribution is 5.71. The van der Waals surface area contributed by atoms with Crippen molar-refractivity contribution in [2.24, 2.45) is 11.3 Å². The number of carbonyl (C=O) groups is 1. The summed E-state index contributed by atoms with van der Waals surface area (Å²) in [6.07, 6.45) is 1.87. The van der Waals surface area contributed by atoms with Crippen molar-refractivity contribution >= 4 is 11.7 Å². The molecule has 0 fully saturated rings. The molecule has 0 saturated carbocycles. The zero-order valence-electron chi connectivity index (χ0n) is 11.9. The monoisotopic (exact) mass is 260 g/mol. The van der Waals surface area contributed by atoms with Crippen LogP contribution in [0.2, 0.25) is 0 Å². The first kappa shape index (κ1) is 13.9. The topological polar surface area (TPSA) is 52.2 Å². The van der Waals surface area contributed by atoms with Gasteiger partial charge in [0.15, 0.2) is 0 Å². The molecule has 3 heteroatoms. The fourth-order valence-corrected chi connectivity index (χ4v) is 3.15. The van der Waals surface area contributed by atoms with Gasteiger partial charge >= 0.3 is 0 Å². The number of fused-ring (bicyclic) bond motifs is 1. The molecule has 1 heterocycles. The Hall–Kier alpha value is -1.51. The van der Waals surface area contributed by atoms with Crippen molar-refractivity contribution in [3.8, 4) is 0 Å². The Kier molecular flexibility index (Phi) is 3.83. The lowest BCUT2D eigenvalue weighted by Gasteiger charge is -2.38. The molecule has 2 atom stereocenters. The van der Waals surface area contributed by atoms with Gasteiger partial charge in [-0.05, 0) is 35.8 Å². The van der Waals surface area contributed by atoms with Gasteiger partial charge in [0.1, 0.15) is 0 Å². The van der Waals surface area contributed by atoms with Gasteiger partial charge in [0.2, 0.25) is 0 Å². The van der Waals surface area contributed by atoms with Gasteiger partial charge in [-0.2, -0.15) is 0 Å². The molecule has 0 bridgehead atoms. The summed E-state index contributed by atoms with van der Waals surface area (Å²) in [6, 6.07) is 8.04. The molecule has 0 spiro atoms. The zero-order valence-corrected chi connectivity index (χ0v) is 11.9. The molecule has 19 heavy (non-hydrogen) atoms. The first-order valence-corrected chi connectivity index (χ1v) is 6.95. The van der Waals surface area contributed by atoms with Gasteiger partial charge in [0.05, 0.1) is 0 Å². The summed E-state index contributed by atoms with van der Waals surface area (Å²) in [4.78, 5) is 11.6. The van der Waals surface area contributed by atoms with E-state index in [4.69, 9.17) is 0 Å². The van der Waals surface area contributed by atoms with Crippen LogP contribution in [-0.4, -0.2) is 12.5 Å². The lowest BCUT2D eigenvalue weighted by Crippen LogP contribution is -2.42. The van der Waals surface area contributed by atoms with Gasteiger partial charge in [-0.25, -0.2) is 0 Å². The minimum absolute atomic E-state index is 0.0243. The Morgan fingerprint density at radius 1 is 1.37 bits per heavy atom. The summed E-state index contributed by atoms with van der Waals surface area (Å²) in [5.41, 5.74) is 1.88. The van der Waals surface area contributed by atoms with E-state index in [9.17, 15) is 9.90 Å². The Labute approximate surface area is 115 Å². The molecule has 1 aliphatic rings. The molecular formula is C16H22NO2-. The van der Waals surface area contributed by atoms with Crippen molar-refractivity contribution in [1.29, 1.82) is 0 Å². The molecule has 0 radical (unpaired) electrons. The van der Waals surface area contributed by atoms with Crippen LogP contribution in [0.4, 0.5) is 5.69 Å². The van der Waals surface area contributed by atoms with Crippen molar-refractivity contribution in [2.75, 3.05) is 11.9 Å². The highest BCUT2D eigenvalue weighted by atomic mass is 16.4. The zero-order chi connectivity index (χ0) is 14.0. The summed E-state index contributed by atoms with van der Waals surface area (Å²) in [7, 11) is 0. The van der Waals surface area contributed by atoms with Crippen molar-refractivity contribution in [1.82, 2.24) is 0 Å². The van der Waals surface area contributed by atoms with E-state index < -0.39 is 11.9 Å². The molecule has 104 valence electrons. The summed E-state index contributed by atoms with van der Waals surface area (Å²) in [5, 5.41) is 15.0. The van der Waals surface area contributed by atoms with E-state index in [-0.39, 0.29) is 11.3 Å². The number of carboxylic acids is 1. The summed E-state index contributed by atoms with van der Waals surface area (Å²) >= 11 is 0. The lowest BCUT2D eigenvalue weighted by atomic mass is 9.69. The Balaban J connectivity index is 2.45. The van der Waals surface area contributed by atoms with Crippen LogP contribution in [0.25, 0.3) is 0 Å². The van der Waals surface area contributed by atoms with Crippen LogP contribution in [0, 0.1) is 11.3 Å². The predicted octanol–water partition coefficient (Wildman–Crippen LogP) is 2.39. The number of carbonyl (C=O) groups excluding carboxylic acids is 1. The molecule has 2 unspecified atom stereocenters. The van der Waals surface area contributed by atoms with Crippen LogP contribution in [0.5, 0.6) is 0 Å². The SMILES string of the molecule is CC(C)(C)C(C(=O)[O-])C1CCCNc2ccccc21. The first-order valence-electron chi connectivity index (χ1n) is 6.95. The van der Waals surface area contributed by atoms with Gasteiger partial charge in [-0.3, -0.25) is 0 Å². The fraction of sp³-hybridized carbons (Fsp3) is 0.562. The molecule has 0 amide bonds. The fourth-order valence-electron chi connectivity index (χ4n) is 3.15. The maximum absolute atomic E-state index is 11.6. The van der Waals surface area contributed by atoms with Gasteiger partial charge in [-0.1, -0.05) is 39.0 Å². The third-order valence-corrected chi connectivity index (χ3v) is 3.96. The van der Waals surface area contributed by atoms with Crippen LogP contribution in [0.15, 0.2) is 24.3 Å². The molecule has 0 aromatic heterocycles. The number of hydrogen-bond acceptors (Lipinski definition) is 3. The molecular weight excluding hydrogens is 238 g/mol. The molecule has 1 N–H and O–H groups in total. The smallest absolute Gasteiger partial charge is 0.0456 e. The largest absolute Gasteiger partial charge is 0.550 e. The van der Waals surface area contributed by atoms with Crippen molar-refractivity contribution < 1.29 is 9.90 Å². The van der Waals surface area contributed by atoms with Gasteiger partial charge in [0, 0.05) is 24.1 Å². The van der Waals surface area contributed by atoms with Crippen LogP contribution >= 0.6 is 0 Å². The van der Waals surface area contributed by atoms with Crippen molar-refractivity contribution in [3.63, 3.8) is 0 Å². The average molecular weight is 260 g/mol. The average Bonchev–Trinajstić information content (AvgIpc) is 2.50. The summed E-state index contributed by atoms with van der Waals surface area (Å²) in [6.45, 7) is 6.84. The van der Waals surface area contributed by atoms with E-state index in [1.165, 1.54) is 0 Å². The third kappa shape index (κ3) is 2.91. The second-order valence-electron chi connectivity index (χ2n) is 6.43. The van der Waals surface area contributed by atoms with Gasteiger partial charge in [0.25, 0.3) is 0 Å². The first-order chi connectivity index (χ1) is 8.91. The van der Waals surface area contributed by atoms with Crippen molar-refractivity contribution in [2.45, 2.75) is 39.5 Å². The van der Waals surface area contributed by atoms with Crippen LogP contribution in [0.1, 0.15) is 45.1 Å². The highest BCUT2D eigenvalue weighted by Gasteiger charge is 2.35. The minimum atomic E-state index is -0.936. The van der Waals surface area contributed by atoms with Crippen molar-refractivity contribution in [3.05, 3.63) is 29.8 Å². The normalized spacial score (nSPS) is 20.9. The Morgan fingerprint density at radius 3 is 2.68 bits per heavy atom. The van der Waals surface area contributed by atoms with E-state index >= 15 is 0 Å². The maximum Gasteiger partial charge on any atom is 0.0456 e. The number of hydrogen-bond donors (Lipinski definition) is 1. The summed E-state index contributed by atoms with van der Waals surface area (Å²) in [5.74, 6) is -1.38. The predicted molar refractivity (Wildman–Crippen MR) is 74.9 cm³/mol. The summed E-state index contributed by atoms with van der Waals surface area (Å²) < 4.78 is 0. The molecule has 1 aromatic carbocycles. The maximum atomic E-state index is 11.6. The molecule has 0 saturated heterocycles. The number of benzene rings is 1. The lowest BCUT2D eigenvalue weighted by molar-refractivity contribution is -0.316. The van der Waals surface area contributed by atoms with Crippen LogP contribution in [0.3, 0.4) is 0 Å². The van der Waals surface area contributed by atoms with Gasteiger partial charge < -0.3 is 15.2 Å². The Morgan fingerprint density at radius 2 is 2.05 bits per heavy atom. The second kappa shape index (κ2) is 5.24. The number of carboxylic acid groups (broad SMARTS) is 1. The molecule has 3 nitrogen and oxygen atoms in total. The van der Waals surface area contributed by atoms with Crippen LogP contribution < -0.4 is 10.4 Å². The molecule has 1 aliphatic heterocycles. The van der Waals surface area contributed by atoms with Gasteiger partial charge in [-0.15, -0.1) is 0 Å². The number of aliphatic carboxylic acids is 1. The third-order valence-electron chi connectivity index (χ3n) is 3.96. The minimum Gasteiger partial charge on any atom is -0.550 e. The highest BCUT2D eigenvalue weighted by Crippen LogP contribution is 2.43. The molecule has 1 aromatic rings. The number of para-hydroxylation sites is 1. The number of rotatable bonds is 2. The van der Waals surface area contributed by atoms with E-state index in [1.807, 2.05) is 45.0 Å². The molecule has 2 rings (SSSR count).